The van der Waals surface area contributed by atoms with Crippen LogP contribution in [0.5, 0.6) is 0 Å². The number of rotatable bonds is 4. The number of nitrogens with one attached hydrogen (secondary N) is 1. The van der Waals surface area contributed by atoms with Crippen molar-refractivity contribution in [2.24, 2.45) is 5.92 Å². The summed E-state index contributed by atoms with van der Waals surface area (Å²) in [6.07, 6.45) is 1.14. The maximum atomic E-state index is 13.5. The van der Waals surface area contributed by atoms with Gasteiger partial charge in [0.2, 0.25) is 0 Å². The van der Waals surface area contributed by atoms with Crippen LogP contribution in [0, 0.1) is 11.7 Å². The Bertz CT molecular complexity index is 391. The van der Waals surface area contributed by atoms with Crippen molar-refractivity contribution in [3.8, 4) is 0 Å². The first-order valence-electron chi connectivity index (χ1n) is 6.48. The second-order valence-electron chi connectivity index (χ2n) is 4.98. The summed E-state index contributed by atoms with van der Waals surface area (Å²) in [6, 6.07) is 5.12. The van der Waals surface area contributed by atoms with Gasteiger partial charge in [-0.25, -0.2) is 4.39 Å². The number of likely N-dealkylation sites (tertiary alicyclic amines) is 1. The van der Waals surface area contributed by atoms with Gasteiger partial charge in [0.15, 0.2) is 0 Å². The fourth-order valence-electron chi connectivity index (χ4n) is 2.84. The van der Waals surface area contributed by atoms with E-state index in [0.29, 0.717) is 10.9 Å². The van der Waals surface area contributed by atoms with Crippen LogP contribution in [0.4, 0.5) is 4.39 Å². The van der Waals surface area contributed by atoms with Crippen molar-refractivity contribution in [3.05, 3.63) is 34.6 Å². The Hall–Kier alpha value is -0.640. The van der Waals surface area contributed by atoms with Crippen LogP contribution in [0.25, 0.3) is 0 Å². The summed E-state index contributed by atoms with van der Waals surface area (Å²) < 4.78 is 13.5. The van der Waals surface area contributed by atoms with Gasteiger partial charge in [-0.15, -0.1) is 0 Å². The molecule has 18 heavy (non-hydrogen) atoms. The van der Waals surface area contributed by atoms with Crippen LogP contribution in [0.1, 0.15) is 24.9 Å². The third-order valence-electron chi connectivity index (χ3n) is 3.66. The highest BCUT2D eigenvalue weighted by atomic mass is 35.5. The van der Waals surface area contributed by atoms with Crippen molar-refractivity contribution in [2.45, 2.75) is 19.4 Å². The van der Waals surface area contributed by atoms with E-state index in [1.54, 1.807) is 6.07 Å². The van der Waals surface area contributed by atoms with E-state index in [0.717, 1.165) is 31.6 Å². The Morgan fingerprint density at radius 2 is 2.22 bits per heavy atom. The molecule has 1 aromatic rings. The first-order valence-corrected chi connectivity index (χ1v) is 6.86. The van der Waals surface area contributed by atoms with Gasteiger partial charge in [-0.3, -0.25) is 4.90 Å². The van der Waals surface area contributed by atoms with Crippen molar-refractivity contribution >= 4 is 11.6 Å². The molecule has 2 unspecified atom stereocenters. The first kappa shape index (κ1) is 13.8. The Kier molecular flexibility index (Phi) is 4.60. The van der Waals surface area contributed by atoms with E-state index in [1.807, 2.05) is 6.07 Å². The third kappa shape index (κ3) is 3.02. The normalized spacial score (nSPS) is 24.7. The molecule has 1 fully saturated rings. The SMILES string of the molecule is CCNCC1CCN(C)C1c1cc(F)cc(Cl)c1. The molecule has 1 heterocycles. The third-order valence-corrected chi connectivity index (χ3v) is 3.88. The first-order chi connectivity index (χ1) is 8.61. The Labute approximate surface area is 113 Å². The fourth-order valence-corrected chi connectivity index (χ4v) is 3.07. The van der Waals surface area contributed by atoms with Crippen molar-refractivity contribution in [1.82, 2.24) is 10.2 Å². The van der Waals surface area contributed by atoms with E-state index in [1.165, 1.54) is 6.07 Å². The molecule has 2 rings (SSSR count). The van der Waals surface area contributed by atoms with Gasteiger partial charge in [-0.2, -0.15) is 0 Å². The Morgan fingerprint density at radius 1 is 1.44 bits per heavy atom. The molecule has 2 nitrogen and oxygen atoms in total. The zero-order valence-corrected chi connectivity index (χ0v) is 11.7. The molecule has 1 aliphatic heterocycles. The molecule has 0 aliphatic carbocycles. The smallest absolute Gasteiger partial charge is 0.125 e. The summed E-state index contributed by atoms with van der Waals surface area (Å²) in [5.41, 5.74) is 0.989. The summed E-state index contributed by atoms with van der Waals surface area (Å²) in [4.78, 5) is 2.28. The molecule has 0 bridgehead atoms. The molecule has 1 aliphatic rings. The number of halogens is 2. The molecule has 2 atom stereocenters. The maximum Gasteiger partial charge on any atom is 0.125 e. The van der Waals surface area contributed by atoms with Gasteiger partial charge >= 0.3 is 0 Å². The fraction of sp³-hybridized carbons (Fsp3) is 0.571. The van der Waals surface area contributed by atoms with Crippen molar-refractivity contribution in [2.75, 3.05) is 26.7 Å². The average molecular weight is 271 g/mol. The van der Waals surface area contributed by atoms with E-state index >= 15 is 0 Å². The van der Waals surface area contributed by atoms with Crippen molar-refractivity contribution in [1.29, 1.82) is 0 Å². The summed E-state index contributed by atoms with van der Waals surface area (Å²) in [7, 11) is 2.09. The zero-order chi connectivity index (χ0) is 13.1. The monoisotopic (exact) mass is 270 g/mol. The number of hydrogen-bond acceptors (Lipinski definition) is 2. The lowest BCUT2D eigenvalue weighted by atomic mass is 9.93. The second-order valence-corrected chi connectivity index (χ2v) is 5.42. The van der Waals surface area contributed by atoms with Gasteiger partial charge in [-0.05, 0) is 62.8 Å². The van der Waals surface area contributed by atoms with Crippen molar-refractivity contribution in [3.63, 3.8) is 0 Å². The minimum atomic E-state index is -0.250. The molecule has 0 spiro atoms. The molecule has 100 valence electrons. The molecule has 0 radical (unpaired) electrons. The molecule has 1 aromatic carbocycles. The zero-order valence-electron chi connectivity index (χ0n) is 10.9. The summed E-state index contributed by atoms with van der Waals surface area (Å²) >= 11 is 5.95. The number of benzene rings is 1. The molecule has 1 saturated heterocycles. The summed E-state index contributed by atoms with van der Waals surface area (Å²) in [6.45, 7) is 5.10. The molecular weight excluding hydrogens is 251 g/mol. The van der Waals surface area contributed by atoms with Gasteiger partial charge in [0.25, 0.3) is 0 Å². The van der Waals surface area contributed by atoms with Gasteiger partial charge in [0.05, 0.1) is 0 Å². The van der Waals surface area contributed by atoms with Gasteiger partial charge < -0.3 is 5.32 Å². The minimum Gasteiger partial charge on any atom is -0.317 e. The predicted molar refractivity (Wildman–Crippen MR) is 73.4 cm³/mol. The summed E-state index contributed by atoms with van der Waals surface area (Å²) in [5.74, 6) is 0.271. The largest absolute Gasteiger partial charge is 0.317 e. The number of hydrogen-bond donors (Lipinski definition) is 1. The van der Waals surface area contributed by atoms with Crippen LogP contribution in [0.2, 0.25) is 5.02 Å². The molecule has 0 amide bonds. The molecule has 1 N–H and O–H groups in total. The van der Waals surface area contributed by atoms with Gasteiger partial charge in [0, 0.05) is 11.1 Å². The van der Waals surface area contributed by atoms with Crippen LogP contribution in [0.3, 0.4) is 0 Å². The lowest BCUT2D eigenvalue weighted by Crippen LogP contribution is -2.28. The minimum absolute atomic E-state index is 0.250. The molecule has 4 heteroatoms. The second kappa shape index (κ2) is 6.00. The topological polar surface area (TPSA) is 15.3 Å². The highest BCUT2D eigenvalue weighted by Crippen LogP contribution is 2.36. The summed E-state index contributed by atoms with van der Waals surface area (Å²) in [5, 5.41) is 3.87. The standard InChI is InChI=1S/C14H20ClFN2/c1-3-17-9-10-4-5-18(2)14(10)11-6-12(15)8-13(16)7-11/h6-8,10,14,17H,3-5,9H2,1-2H3. The van der Waals surface area contributed by atoms with E-state index < -0.39 is 0 Å². The van der Waals surface area contributed by atoms with Crippen LogP contribution in [0.15, 0.2) is 18.2 Å². The van der Waals surface area contributed by atoms with E-state index in [-0.39, 0.29) is 11.9 Å². The quantitative estimate of drug-likeness (QED) is 0.905. The van der Waals surface area contributed by atoms with E-state index in [4.69, 9.17) is 11.6 Å². The average Bonchev–Trinajstić information content (AvgIpc) is 2.66. The highest BCUT2D eigenvalue weighted by Gasteiger charge is 2.32. The van der Waals surface area contributed by atoms with Crippen LogP contribution < -0.4 is 5.32 Å². The van der Waals surface area contributed by atoms with Crippen molar-refractivity contribution < 1.29 is 4.39 Å². The predicted octanol–water partition coefficient (Wildman–Crippen LogP) is 3.08. The molecule has 0 saturated carbocycles. The molecule has 0 aromatic heterocycles. The van der Waals surface area contributed by atoms with Gasteiger partial charge in [0.1, 0.15) is 5.82 Å². The van der Waals surface area contributed by atoms with E-state index in [2.05, 4.69) is 24.2 Å². The van der Waals surface area contributed by atoms with Gasteiger partial charge in [-0.1, -0.05) is 18.5 Å². The Balaban J connectivity index is 2.22. The van der Waals surface area contributed by atoms with Crippen LogP contribution in [-0.2, 0) is 0 Å². The number of nitrogens with zero attached hydrogens (tertiary/aromatic N) is 1. The lowest BCUT2D eigenvalue weighted by molar-refractivity contribution is 0.272. The Morgan fingerprint density at radius 3 is 2.89 bits per heavy atom. The highest BCUT2D eigenvalue weighted by molar-refractivity contribution is 6.30. The van der Waals surface area contributed by atoms with Crippen LogP contribution >= 0.6 is 11.6 Å². The molecular formula is C14H20ClFN2. The van der Waals surface area contributed by atoms with Crippen LogP contribution in [-0.4, -0.2) is 31.6 Å². The van der Waals surface area contributed by atoms with E-state index in [9.17, 15) is 4.39 Å². The lowest BCUT2D eigenvalue weighted by Gasteiger charge is -2.26. The maximum absolute atomic E-state index is 13.5.